The van der Waals surface area contributed by atoms with Crippen molar-refractivity contribution in [2.45, 2.75) is 32.2 Å². The molecule has 1 atom stereocenters. The van der Waals surface area contributed by atoms with E-state index in [1.54, 1.807) is 19.2 Å². The summed E-state index contributed by atoms with van der Waals surface area (Å²) in [6.45, 7) is 7.65. The summed E-state index contributed by atoms with van der Waals surface area (Å²) in [6.07, 6.45) is -4.70. The van der Waals surface area contributed by atoms with Gasteiger partial charge in [-0.05, 0) is 41.3 Å². The summed E-state index contributed by atoms with van der Waals surface area (Å²) >= 11 is 0. The molecule has 0 aliphatic carbocycles. The molecule has 29 heavy (non-hydrogen) atoms. The van der Waals surface area contributed by atoms with E-state index in [-0.39, 0.29) is 11.8 Å². The summed E-state index contributed by atoms with van der Waals surface area (Å²) in [5.41, 5.74) is 3.11. The zero-order valence-corrected chi connectivity index (χ0v) is 16.9. The quantitative estimate of drug-likeness (QED) is 0.751. The molecule has 0 spiro atoms. The van der Waals surface area contributed by atoms with Crippen molar-refractivity contribution in [1.29, 1.82) is 0 Å². The van der Waals surface area contributed by atoms with E-state index in [1.165, 1.54) is 17.7 Å². The van der Waals surface area contributed by atoms with Gasteiger partial charge in [0.15, 0.2) is 0 Å². The second-order valence-electron chi connectivity index (χ2n) is 7.46. The molecule has 0 aromatic heterocycles. The van der Waals surface area contributed by atoms with Gasteiger partial charge in [0, 0.05) is 31.7 Å². The van der Waals surface area contributed by atoms with Crippen LogP contribution in [-0.4, -0.2) is 44.6 Å². The Morgan fingerprint density at radius 2 is 1.59 bits per heavy atom. The number of nitrogens with zero attached hydrogens (tertiary/aromatic N) is 1. The van der Waals surface area contributed by atoms with Gasteiger partial charge in [0.25, 0.3) is 0 Å². The Hall–Kier alpha value is -2.25. The van der Waals surface area contributed by atoms with Crippen LogP contribution in [0.3, 0.4) is 0 Å². The van der Waals surface area contributed by atoms with Crippen LogP contribution in [0.15, 0.2) is 42.5 Å². The van der Waals surface area contributed by atoms with Crippen LogP contribution in [-0.2, 0) is 0 Å². The summed E-state index contributed by atoms with van der Waals surface area (Å²) in [6, 6.07) is 12.2. The van der Waals surface area contributed by atoms with Crippen LogP contribution >= 0.6 is 0 Å². The van der Waals surface area contributed by atoms with Crippen LogP contribution in [0.1, 0.15) is 42.5 Å². The minimum Gasteiger partial charge on any atom is -0.496 e. The Morgan fingerprint density at radius 3 is 2.14 bits per heavy atom. The third-order valence-corrected chi connectivity index (χ3v) is 5.16. The maximum atomic E-state index is 12.5. The molecule has 1 N–H and O–H groups in total. The van der Waals surface area contributed by atoms with Crippen molar-refractivity contribution in [2.75, 3.05) is 33.3 Å². The fourth-order valence-electron chi connectivity index (χ4n) is 3.70. The number of hydrogen-bond donors (Lipinski definition) is 1. The second-order valence-corrected chi connectivity index (χ2v) is 7.46. The third kappa shape index (κ3) is 5.42. The topological polar surface area (TPSA) is 33.7 Å². The summed E-state index contributed by atoms with van der Waals surface area (Å²) < 4.78 is 47.2. The van der Waals surface area contributed by atoms with Crippen molar-refractivity contribution in [1.82, 2.24) is 10.2 Å². The van der Waals surface area contributed by atoms with Gasteiger partial charge in [-0.15, -0.1) is 13.2 Å². The summed E-state index contributed by atoms with van der Waals surface area (Å²) in [7, 11) is 1.64. The lowest BCUT2D eigenvalue weighted by molar-refractivity contribution is -0.274. The highest BCUT2D eigenvalue weighted by atomic mass is 19.4. The number of methoxy groups -OCH3 is 1. The van der Waals surface area contributed by atoms with Crippen LogP contribution in [0.2, 0.25) is 0 Å². The van der Waals surface area contributed by atoms with Gasteiger partial charge in [0.1, 0.15) is 11.5 Å². The van der Waals surface area contributed by atoms with Crippen molar-refractivity contribution in [3.05, 3.63) is 59.2 Å². The Balaban J connectivity index is 2.03. The molecule has 1 aliphatic rings. The number of halogens is 3. The van der Waals surface area contributed by atoms with E-state index in [1.807, 2.05) is 6.07 Å². The maximum absolute atomic E-state index is 12.5. The number of hydrogen-bond acceptors (Lipinski definition) is 4. The standard InChI is InChI=1S/C22H27F3N2O2/c1-15(2)17-6-9-20(28-3)19(14-17)21(27-12-10-26-11-13-27)16-4-7-18(8-5-16)29-22(23,24)25/h4-9,14-15,21,26H,10-13H2,1-3H3/t21-/m0/s1. The zero-order valence-electron chi connectivity index (χ0n) is 16.9. The zero-order chi connectivity index (χ0) is 21.0. The van der Waals surface area contributed by atoms with Crippen molar-refractivity contribution < 1.29 is 22.6 Å². The van der Waals surface area contributed by atoms with Crippen LogP contribution in [0.5, 0.6) is 11.5 Å². The SMILES string of the molecule is COc1ccc(C(C)C)cc1[C@H](c1ccc(OC(F)(F)F)cc1)N1CCNCC1. The highest BCUT2D eigenvalue weighted by Gasteiger charge is 2.32. The molecule has 7 heteroatoms. The van der Waals surface area contributed by atoms with E-state index in [0.29, 0.717) is 5.92 Å². The average molecular weight is 408 g/mol. The van der Waals surface area contributed by atoms with E-state index in [4.69, 9.17) is 4.74 Å². The molecule has 0 bridgehead atoms. The number of rotatable bonds is 6. The number of piperazine rings is 1. The van der Waals surface area contributed by atoms with Crippen LogP contribution in [0.25, 0.3) is 0 Å². The lowest BCUT2D eigenvalue weighted by Gasteiger charge is -2.36. The summed E-state index contributed by atoms with van der Waals surface area (Å²) in [5.74, 6) is 0.905. The first-order valence-electron chi connectivity index (χ1n) is 9.77. The molecule has 3 rings (SSSR count). The van der Waals surface area contributed by atoms with E-state index in [9.17, 15) is 13.2 Å². The lowest BCUT2D eigenvalue weighted by Crippen LogP contribution is -2.45. The van der Waals surface area contributed by atoms with Gasteiger partial charge in [0.05, 0.1) is 13.2 Å². The molecular formula is C22H27F3N2O2. The monoisotopic (exact) mass is 408 g/mol. The Bertz CT molecular complexity index is 801. The predicted octanol–water partition coefficient (Wildman–Crippen LogP) is 4.71. The molecule has 1 saturated heterocycles. The molecule has 0 radical (unpaired) electrons. The van der Waals surface area contributed by atoms with Crippen molar-refractivity contribution >= 4 is 0 Å². The van der Waals surface area contributed by atoms with Crippen molar-refractivity contribution in [2.24, 2.45) is 0 Å². The fourth-order valence-corrected chi connectivity index (χ4v) is 3.70. The molecular weight excluding hydrogens is 381 g/mol. The Labute approximate surface area is 169 Å². The summed E-state index contributed by atoms with van der Waals surface area (Å²) in [4.78, 5) is 2.33. The van der Waals surface area contributed by atoms with E-state index in [0.717, 1.165) is 43.1 Å². The van der Waals surface area contributed by atoms with Crippen LogP contribution < -0.4 is 14.8 Å². The van der Waals surface area contributed by atoms with Gasteiger partial charge >= 0.3 is 6.36 Å². The second kappa shape index (κ2) is 9.05. The minimum atomic E-state index is -4.70. The first-order valence-corrected chi connectivity index (χ1v) is 9.77. The molecule has 1 aliphatic heterocycles. The highest BCUT2D eigenvalue weighted by molar-refractivity contribution is 5.45. The van der Waals surface area contributed by atoms with Gasteiger partial charge < -0.3 is 14.8 Å². The van der Waals surface area contributed by atoms with Crippen LogP contribution in [0.4, 0.5) is 13.2 Å². The third-order valence-electron chi connectivity index (χ3n) is 5.16. The average Bonchev–Trinajstić information content (AvgIpc) is 2.69. The van der Waals surface area contributed by atoms with Gasteiger partial charge in [-0.3, -0.25) is 4.90 Å². The Morgan fingerprint density at radius 1 is 0.966 bits per heavy atom. The van der Waals surface area contributed by atoms with Crippen molar-refractivity contribution in [3.63, 3.8) is 0 Å². The molecule has 1 heterocycles. The van der Waals surface area contributed by atoms with Gasteiger partial charge in [-0.1, -0.05) is 32.0 Å². The molecule has 158 valence electrons. The first kappa shape index (κ1) is 21.5. The van der Waals surface area contributed by atoms with Crippen molar-refractivity contribution in [3.8, 4) is 11.5 Å². The highest BCUT2D eigenvalue weighted by Crippen LogP contribution is 2.37. The van der Waals surface area contributed by atoms with Gasteiger partial charge in [0.2, 0.25) is 0 Å². The van der Waals surface area contributed by atoms with E-state index < -0.39 is 6.36 Å². The summed E-state index contributed by atoms with van der Waals surface area (Å²) in [5, 5.41) is 3.35. The number of ether oxygens (including phenoxy) is 2. The molecule has 0 saturated carbocycles. The minimum absolute atomic E-state index is 0.120. The number of benzene rings is 2. The molecule has 0 unspecified atom stereocenters. The molecule has 2 aromatic rings. The predicted molar refractivity (Wildman–Crippen MR) is 106 cm³/mol. The Kier molecular flexibility index (Phi) is 6.70. The van der Waals surface area contributed by atoms with Gasteiger partial charge in [-0.2, -0.15) is 0 Å². The van der Waals surface area contributed by atoms with Crippen LogP contribution in [0, 0.1) is 0 Å². The number of alkyl halides is 3. The maximum Gasteiger partial charge on any atom is 0.573 e. The molecule has 0 amide bonds. The number of nitrogens with one attached hydrogen (secondary N) is 1. The van der Waals surface area contributed by atoms with Gasteiger partial charge in [-0.25, -0.2) is 0 Å². The smallest absolute Gasteiger partial charge is 0.496 e. The normalized spacial score (nSPS) is 16.7. The molecule has 4 nitrogen and oxygen atoms in total. The molecule has 1 fully saturated rings. The molecule has 2 aromatic carbocycles. The lowest BCUT2D eigenvalue weighted by atomic mass is 9.91. The fraction of sp³-hybridized carbons (Fsp3) is 0.455. The first-order chi connectivity index (χ1) is 13.8. The van der Waals surface area contributed by atoms with E-state index >= 15 is 0 Å². The largest absolute Gasteiger partial charge is 0.573 e. The van der Waals surface area contributed by atoms with E-state index in [2.05, 4.69) is 40.9 Å².